The highest BCUT2D eigenvalue weighted by atomic mass is 32.1. The van der Waals surface area contributed by atoms with Crippen LogP contribution in [0.1, 0.15) is 26.6 Å². The standard InChI is InChI=1S/C20H22FN3O4S/c1-12-16-18(25)22-15(11-24(2)10-13-6-4-5-7-14(13)21)23-19(16)29-17(12)20(26)28-9-8-27-3/h4-7H,8-11H2,1-3H3,(H,22,23,25). The van der Waals surface area contributed by atoms with E-state index in [1.807, 2.05) is 11.9 Å². The van der Waals surface area contributed by atoms with Crippen LogP contribution in [0.4, 0.5) is 4.39 Å². The third kappa shape index (κ3) is 4.87. The van der Waals surface area contributed by atoms with Gasteiger partial charge in [0.05, 0.1) is 18.5 Å². The van der Waals surface area contributed by atoms with Crippen LogP contribution in [0.3, 0.4) is 0 Å². The number of benzene rings is 1. The fourth-order valence-electron chi connectivity index (χ4n) is 2.97. The zero-order valence-corrected chi connectivity index (χ0v) is 17.3. The molecule has 0 saturated heterocycles. The minimum Gasteiger partial charge on any atom is -0.459 e. The largest absolute Gasteiger partial charge is 0.459 e. The molecule has 3 aromatic rings. The molecule has 0 spiro atoms. The highest BCUT2D eigenvalue weighted by Gasteiger charge is 2.20. The Labute approximate surface area is 171 Å². The van der Waals surface area contributed by atoms with E-state index in [0.29, 0.717) is 51.7 Å². The van der Waals surface area contributed by atoms with Crippen LogP contribution in [0.15, 0.2) is 29.1 Å². The topological polar surface area (TPSA) is 84.5 Å². The summed E-state index contributed by atoms with van der Waals surface area (Å²) in [5, 5.41) is 0.384. The van der Waals surface area contributed by atoms with Crippen LogP contribution in [0.2, 0.25) is 0 Å². The number of H-pyrrole nitrogens is 1. The molecule has 2 heterocycles. The molecular weight excluding hydrogens is 397 g/mol. The van der Waals surface area contributed by atoms with Gasteiger partial charge in [0.2, 0.25) is 0 Å². The average Bonchev–Trinajstić information content (AvgIpc) is 3.00. The van der Waals surface area contributed by atoms with E-state index in [0.717, 1.165) is 11.3 Å². The first kappa shape index (κ1) is 21.1. The molecule has 0 amide bonds. The first-order chi connectivity index (χ1) is 13.9. The van der Waals surface area contributed by atoms with E-state index >= 15 is 0 Å². The molecule has 9 heteroatoms. The van der Waals surface area contributed by atoms with E-state index in [4.69, 9.17) is 9.47 Å². The number of thiophene rings is 1. The maximum absolute atomic E-state index is 13.8. The summed E-state index contributed by atoms with van der Waals surface area (Å²) in [7, 11) is 3.33. The zero-order valence-electron chi connectivity index (χ0n) is 16.5. The van der Waals surface area contributed by atoms with Gasteiger partial charge in [-0.15, -0.1) is 11.3 Å². The third-order valence-electron chi connectivity index (χ3n) is 4.37. The smallest absolute Gasteiger partial charge is 0.348 e. The molecule has 3 rings (SSSR count). The molecule has 7 nitrogen and oxygen atoms in total. The Bertz CT molecular complexity index is 1080. The van der Waals surface area contributed by atoms with Crippen LogP contribution >= 0.6 is 11.3 Å². The summed E-state index contributed by atoms with van der Waals surface area (Å²) in [5.41, 5.74) is 0.799. The predicted molar refractivity (Wildman–Crippen MR) is 109 cm³/mol. The molecule has 2 aromatic heterocycles. The lowest BCUT2D eigenvalue weighted by Crippen LogP contribution is -2.22. The number of rotatable bonds is 8. The van der Waals surface area contributed by atoms with E-state index in [2.05, 4.69) is 9.97 Å². The van der Waals surface area contributed by atoms with Gasteiger partial charge in [-0.05, 0) is 25.6 Å². The molecule has 0 bridgehead atoms. The van der Waals surface area contributed by atoms with Crippen LogP contribution in [0.25, 0.3) is 10.2 Å². The maximum Gasteiger partial charge on any atom is 0.348 e. The molecular formula is C20H22FN3O4S. The lowest BCUT2D eigenvalue weighted by molar-refractivity contribution is 0.0393. The van der Waals surface area contributed by atoms with Crippen molar-refractivity contribution < 1.29 is 18.7 Å². The van der Waals surface area contributed by atoms with Crippen LogP contribution in [-0.2, 0) is 22.6 Å². The van der Waals surface area contributed by atoms with Gasteiger partial charge in [0.15, 0.2) is 0 Å². The van der Waals surface area contributed by atoms with Crippen molar-refractivity contribution in [2.45, 2.75) is 20.0 Å². The van der Waals surface area contributed by atoms with Gasteiger partial charge in [-0.3, -0.25) is 9.69 Å². The second-order valence-electron chi connectivity index (χ2n) is 6.64. The van der Waals surface area contributed by atoms with Crippen molar-refractivity contribution in [3.8, 4) is 0 Å². The van der Waals surface area contributed by atoms with E-state index < -0.39 is 5.97 Å². The van der Waals surface area contributed by atoms with Gasteiger partial charge in [0.25, 0.3) is 5.56 Å². The number of hydrogen-bond donors (Lipinski definition) is 1. The molecule has 1 N–H and O–H groups in total. The molecule has 29 heavy (non-hydrogen) atoms. The number of halogens is 1. The summed E-state index contributed by atoms with van der Waals surface area (Å²) >= 11 is 1.13. The SMILES string of the molecule is COCCOC(=O)c1sc2nc(CN(C)Cc3ccccc3F)[nH]c(=O)c2c1C. The molecule has 1 aromatic carbocycles. The average molecular weight is 419 g/mol. The highest BCUT2D eigenvalue weighted by Crippen LogP contribution is 2.27. The number of aryl methyl sites for hydroxylation is 1. The number of nitrogens with one attached hydrogen (secondary N) is 1. The lowest BCUT2D eigenvalue weighted by atomic mass is 10.2. The number of carbonyl (C=O) groups excluding carboxylic acids is 1. The lowest BCUT2D eigenvalue weighted by Gasteiger charge is -2.16. The number of esters is 1. The third-order valence-corrected chi connectivity index (χ3v) is 5.54. The molecule has 0 aliphatic rings. The molecule has 0 saturated carbocycles. The summed E-state index contributed by atoms with van der Waals surface area (Å²) in [4.78, 5) is 34.8. The van der Waals surface area contributed by atoms with Crippen molar-refractivity contribution in [3.63, 3.8) is 0 Å². The molecule has 154 valence electrons. The Kier molecular flexibility index (Phi) is 6.73. The minimum absolute atomic E-state index is 0.138. The van der Waals surface area contributed by atoms with Gasteiger partial charge in [0.1, 0.15) is 28.0 Å². The van der Waals surface area contributed by atoms with Gasteiger partial charge in [-0.2, -0.15) is 0 Å². The van der Waals surface area contributed by atoms with E-state index in [1.165, 1.54) is 13.2 Å². The van der Waals surface area contributed by atoms with Crippen molar-refractivity contribution in [2.75, 3.05) is 27.4 Å². The Hall–Kier alpha value is -2.62. The minimum atomic E-state index is -0.500. The first-order valence-electron chi connectivity index (χ1n) is 9.01. The highest BCUT2D eigenvalue weighted by molar-refractivity contribution is 7.20. The quantitative estimate of drug-likeness (QED) is 0.446. The van der Waals surface area contributed by atoms with Crippen molar-refractivity contribution in [1.29, 1.82) is 0 Å². The van der Waals surface area contributed by atoms with Gasteiger partial charge in [0, 0.05) is 19.2 Å². The number of ether oxygens (including phenoxy) is 2. The number of hydrogen-bond acceptors (Lipinski definition) is 7. The normalized spacial score (nSPS) is 11.3. The number of methoxy groups -OCH3 is 1. The summed E-state index contributed by atoms with van der Waals surface area (Å²) in [5.74, 6) is -0.330. The van der Waals surface area contributed by atoms with Gasteiger partial charge in [-0.25, -0.2) is 14.2 Å². The Morgan fingerprint density at radius 1 is 1.28 bits per heavy atom. The van der Waals surface area contributed by atoms with Crippen LogP contribution in [0.5, 0.6) is 0 Å². The zero-order chi connectivity index (χ0) is 21.0. The fourth-order valence-corrected chi connectivity index (χ4v) is 4.06. The fraction of sp³-hybridized carbons (Fsp3) is 0.350. The van der Waals surface area contributed by atoms with Gasteiger partial charge >= 0.3 is 5.97 Å². The molecule has 0 unspecified atom stereocenters. The number of fused-ring (bicyclic) bond motifs is 1. The predicted octanol–water partition coefficient (Wildman–Crippen LogP) is 2.87. The van der Waals surface area contributed by atoms with Crippen molar-refractivity contribution in [1.82, 2.24) is 14.9 Å². The van der Waals surface area contributed by atoms with Crippen LogP contribution in [-0.4, -0.2) is 48.2 Å². The first-order valence-corrected chi connectivity index (χ1v) is 9.82. The van der Waals surface area contributed by atoms with Crippen LogP contribution < -0.4 is 5.56 Å². The summed E-state index contributed by atoms with van der Waals surface area (Å²) in [6.45, 7) is 2.83. The van der Waals surface area contributed by atoms with Gasteiger partial charge < -0.3 is 14.5 Å². The second kappa shape index (κ2) is 9.25. The Morgan fingerprint density at radius 2 is 2.03 bits per heavy atom. The summed E-state index contributed by atoms with van der Waals surface area (Å²) in [6, 6.07) is 6.55. The van der Waals surface area contributed by atoms with Gasteiger partial charge in [-0.1, -0.05) is 18.2 Å². The Balaban J connectivity index is 1.81. The summed E-state index contributed by atoms with van der Waals surface area (Å²) < 4.78 is 23.9. The molecule has 0 fully saturated rings. The van der Waals surface area contributed by atoms with Crippen molar-refractivity contribution in [2.24, 2.45) is 0 Å². The Morgan fingerprint density at radius 3 is 2.76 bits per heavy atom. The van der Waals surface area contributed by atoms with E-state index in [1.54, 1.807) is 25.1 Å². The summed E-state index contributed by atoms with van der Waals surface area (Å²) in [6.07, 6.45) is 0. The molecule has 0 aliphatic carbocycles. The van der Waals surface area contributed by atoms with Crippen molar-refractivity contribution in [3.05, 3.63) is 62.3 Å². The number of aromatic nitrogens is 2. The van der Waals surface area contributed by atoms with E-state index in [9.17, 15) is 14.0 Å². The monoisotopic (exact) mass is 419 g/mol. The molecule has 0 radical (unpaired) electrons. The second-order valence-corrected chi connectivity index (χ2v) is 7.64. The number of nitrogens with zero attached hydrogens (tertiary/aromatic N) is 2. The van der Waals surface area contributed by atoms with E-state index in [-0.39, 0.29) is 18.0 Å². The number of carbonyl (C=O) groups is 1. The molecule has 0 aliphatic heterocycles. The van der Waals surface area contributed by atoms with Crippen LogP contribution in [0, 0.1) is 12.7 Å². The van der Waals surface area contributed by atoms with Crippen molar-refractivity contribution >= 4 is 27.5 Å². The maximum atomic E-state index is 13.8. The number of aromatic amines is 1. The molecule has 0 atom stereocenters.